The standard InChI is InChI=1S/C23H30O2Si/c1-22(2,3)26(20-12-6-4-7-13-20,21-14-8-5-9-15-21)25-19-23(18-24)16-10-11-17-23/h4-15,24H,16-19H2,1-3H3. The zero-order chi connectivity index (χ0) is 18.7. The molecule has 2 nitrogen and oxygen atoms in total. The van der Waals surface area contributed by atoms with E-state index in [-0.39, 0.29) is 17.1 Å². The molecule has 2 aromatic carbocycles. The summed E-state index contributed by atoms with van der Waals surface area (Å²) in [6.45, 7) is 7.62. The quantitative estimate of drug-likeness (QED) is 0.621. The van der Waals surface area contributed by atoms with Crippen molar-refractivity contribution < 1.29 is 9.53 Å². The van der Waals surface area contributed by atoms with E-state index in [1.54, 1.807) is 0 Å². The van der Waals surface area contributed by atoms with Gasteiger partial charge in [0, 0.05) is 12.0 Å². The number of hydrogen-bond acceptors (Lipinski definition) is 2. The number of hydrogen-bond donors (Lipinski definition) is 1. The first-order chi connectivity index (χ1) is 12.4. The maximum atomic E-state index is 10.1. The van der Waals surface area contributed by atoms with Crippen molar-refractivity contribution in [1.29, 1.82) is 0 Å². The summed E-state index contributed by atoms with van der Waals surface area (Å²) >= 11 is 0. The highest BCUT2D eigenvalue weighted by molar-refractivity contribution is 6.99. The van der Waals surface area contributed by atoms with E-state index in [2.05, 4.69) is 93.6 Å². The van der Waals surface area contributed by atoms with E-state index in [1.807, 2.05) is 0 Å². The molecule has 0 fully saturated rings. The molecule has 0 amide bonds. The highest BCUT2D eigenvalue weighted by atomic mass is 28.4. The second-order valence-electron chi connectivity index (χ2n) is 8.49. The molecule has 0 saturated carbocycles. The van der Waals surface area contributed by atoms with Crippen molar-refractivity contribution in [2.45, 2.75) is 38.7 Å². The third kappa shape index (κ3) is 3.44. The van der Waals surface area contributed by atoms with Gasteiger partial charge in [-0.05, 0) is 28.3 Å². The van der Waals surface area contributed by atoms with Crippen LogP contribution in [-0.2, 0) is 4.43 Å². The van der Waals surface area contributed by atoms with Crippen LogP contribution in [0.15, 0.2) is 72.8 Å². The second-order valence-corrected chi connectivity index (χ2v) is 12.8. The van der Waals surface area contributed by atoms with Gasteiger partial charge in [0.2, 0.25) is 0 Å². The predicted octanol–water partition coefficient (Wildman–Crippen LogP) is 3.89. The SMILES string of the molecule is CC(C)(C)[Si](OCC1(CO)CC=CC1)(c1ccccc1)c1ccccc1. The van der Waals surface area contributed by atoms with Gasteiger partial charge in [0.25, 0.3) is 8.32 Å². The molecule has 1 N–H and O–H groups in total. The van der Waals surface area contributed by atoms with Crippen molar-refractivity contribution in [3.8, 4) is 0 Å². The monoisotopic (exact) mass is 366 g/mol. The summed E-state index contributed by atoms with van der Waals surface area (Å²) in [6.07, 6.45) is 6.12. The molecular formula is C23H30O2Si. The van der Waals surface area contributed by atoms with Crippen molar-refractivity contribution in [3.05, 3.63) is 72.8 Å². The Kier molecular flexibility index (Phi) is 5.52. The summed E-state index contributed by atoms with van der Waals surface area (Å²) in [5.74, 6) is 0. The average molecular weight is 367 g/mol. The minimum Gasteiger partial charge on any atom is -0.407 e. The highest BCUT2D eigenvalue weighted by Crippen LogP contribution is 2.40. The van der Waals surface area contributed by atoms with E-state index < -0.39 is 8.32 Å². The van der Waals surface area contributed by atoms with Crippen molar-refractivity contribution in [3.63, 3.8) is 0 Å². The lowest BCUT2D eigenvalue weighted by atomic mass is 9.88. The Hall–Kier alpha value is -1.68. The topological polar surface area (TPSA) is 29.5 Å². The molecule has 0 heterocycles. The summed E-state index contributed by atoms with van der Waals surface area (Å²) in [4.78, 5) is 0. The van der Waals surface area contributed by atoms with E-state index >= 15 is 0 Å². The highest BCUT2D eigenvalue weighted by Gasteiger charge is 2.51. The van der Waals surface area contributed by atoms with Gasteiger partial charge in [0.15, 0.2) is 0 Å². The summed E-state index contributed by atoms with van der Waals surface area (Å²) in [5, 5.41) is 12.6. The Labute approximate surface area is 158 Å². The molecule has 0 saturated heterocycles. The first kappa shape index (κ1) is 19.1. The van der Waals surface area contributed by atoms with E-state index in [0.29, 0.717) is 6.61 Å². The van der Waals surface area contributed by atoms with Crippen LogP contribution in [0.3, 0.4) is 0 Å². The summed E-state index contributed by atoms with van der Waals surface area (Å²) in [6, 6.07) is 21.4. The maximum Gasteiger partial charge on any atom is 0.261 e. The van der Waals surface area contributed by atoms with Crippen LogP contribution in [0.1, 0.15) is 33.6 Å². The maximum absolute atomic E-state index is 10.1. The third-order valence-corrected chi connectivity index (χ3v) is 10.6. The average Bonchev–Trinajstić information content (AvgIpc) is 3.12. The lowest BCUT2D eigenvalue weighted by molar-refractivity contribution is 0.0723. The molecule has 0 bridgehead atoms. The number of aliphatic hydroxyl groups excluding tert-OH is 1. The first-order valence-corrected chi connectivity index (χ1v) is 11.4. The van der Waals surface area contributed by atoms with Gasteiger partial charge in [-0.1, -0.05) is 93.6 Å². The fourth-order valence-corrected chi connectivity index (χ4v) is 8.74. The molecule has 1 aliphatic carbocycles. The Morgan fingerprint density at radius 2 is 1.35 bits per heavy atom. The molecule has 0 aromatic heterocycles. The Morgan fingerprint density at radius 1 is 0.885 bits per heavy atom. The van der Waals surface area contributed by atoms with E-state index in [4.69, 9.17) is 4.43 Å². The van der Waals surface area contributed by atoms with Crippen molar-refractivity contribution >= 4 is 18.7 Å². The number of rotatable bonds is 6. The van der Waals surface area contributed by atoms with Gasteiger partial charge in [-0.15, -0.1) is 0 Å². The minimum atomic E-state index is -2.52. The lowest BCUT2D eigenvalue weighted by Gasteiger charge is -2.45. The van der Waals surface area contributed by atoms with Gasteiger partial charge >= 0.3 is 0 Å². The summed E-state index contributed by atoms with van der Waals surface area (Å²) < 4.78 is 6.98. The van der Waals surface area contributed by atoms with Crippen molar-refractivity contribution in [2.75, 3.05) is 13.2 Å². The van der Waals surface area contributed by atoms with Crippen LogP contribution in [0.25, 0.3) is 0 Å². The Bertz CT molecular complexity index is 684. The fourth-order valence-electron chi connectivity index (χ4n) is 4.07. The van der Waals surface area contributed by atoms with Crippen LogP contribution in [0.4, 0.5) is 0 Å². The van der Waals surface area contributed by atoms with E-state index in [9.17, 15) is 5.11 Å². The third-order valence-electron chi connectivity index (χ3n) is 5.62. The van der Waals surface area contributed by atoms with Crippen LogP contribution < -0.4 is 10.4 Å². The predicted molar refractivity (Wildman–Crippen MR) is 111 cm³/mol. The van der Waals surface area contributed by atoms with Gasteiger partial charge in [0.1, 0.15) is 0 Å². The number of benzene rings is 2. The van der Waals surface area contributed by atoms with Gasteiger partial charge in [-0.25, -0.2) is 0 Å². The van der Waals surface area contributed by atoms with Crippen LogP contribution in [-0.4, -0.2) is 26.6 Å². The summed E-state index contributed by atoms with van der Waals surface area (Å²) in [5.41, 5.74) is -0.174. The van der Waals surface area contributed by atoms with Crippen molar-refractivity contribution in [1.82, 2.24) is 0 Å². The number of allylic oxidation sites excluding steroid dienone is 2. The molecule has 0 aliphatic heterocycles. The molecule has 0 spiro atoms. The summed E-state index contributed by atoms with van der Waals surface area (Å²) in [7, 11) is -2.52. The van der Waals surface area contributed by atoms with Gasteiger partial charge < -0.3 is 9.53 Å². The van der Waals surface area contributed by atoms with Crippen LogP contribution in [0.2, 0.25) is 5.04 Å². The van der Waals surface area contributed by atoms with Crippen LogP contribution in [0, 0.1) is 5.41 Å². The molecule has 26 heavy (non-hydrogen) atoms. The molecule has 1 aliphatic rings. The minimum absolute atomic E-state index is 0.0294. The lowest BCUT2D eigenvalue weighted by Crippen LogP contribution is -2.67. The second kappa shape index (κ2) is 7.51. The van der Waals surface area contributed by atoms with E-state index in [1.165, 1.54) is 10.4 Å². The van der Waals surface area contributed by atoms with Gasteiger partial charge in [0.05, 0.1) is 6.61 Å². The first-order valence-electron chi connectivity index (χ1n) is 9.44. The Balaban J connectivity index is 2.09. The zero-order valence-electron chi connectivity index (χ0n) is 16.1. The van der Waals surface area contributed by atoms with Gasteiger partial charge in [-0.3, -0.25) is 0 Å². The zero-order valence-corrected chi connectivity index (χ0v) is 17.1. The molecule has 3 heteroatoms. The normalized spacial score (nSPS) is 16.8. The van der Waals surface area contributed by atoms with Crippen molar-refractivity contribution in [2.24, 2.45) is 5.41 Å². The molecular weight excluding hydrogens is 336 g/mol. The fraction of sp³-hybridized carbons (Fsp3) is 0.391. The number of aliphatic hydroxyl groups is 1. The molecule has 138 valence electrons. The smallest absolute Gasteiger partial charge is 0.261 e. The molecule has 3 rings (SSSR count). The molecule has 0 radical (unpaired) electrons. The molecule has 0 unspecified atom stereocenters. The largest absolute Gasteiger partial charge is 0.407 e. The van der Waals surface area contributed by atoms with E-state index in [0.717, 1.165) is 12.8 Å². The van der Waals surface area contributed by atoms with Crippen LogP contribution in [0.5, 0.6) is 0 Å². The molecule has 0 atom stereocenters. The van der Waals surface area contributed by atoms with Crippen LogP contribution >= 0.6 is 0 Å². The molecule has 2 aromatic rings. The Morgan fingerprint density at radius 3 is 1.73 bits per heavy atom. The van der Waals surface area contributed by atoms with Gasteiger partial charge in [-0.2, -0.15) is 0 Å².